The normalized spacial score (nSPS) is 23.3. The van der Waals surface area contributed by atoms with Crippen LogP contribution in [0, 0.1) is 5.92 Å². The highest BCUT2D eigenvalue weighted by molar-refractivity contribution is 5.80. The van der Waals surface area contributed by atoms with Gasteiger partial charge in [0, 0.05) is 26.7 Å². The lowest BCUT2D eigenvalue weighted by Crippen LogP contribution is -2.36. The van der Waals surface area contributed by atoms with Gasteiger partial charge in [-0.25, -0.2) is 0 Å². The molecule has 1 aliphatic rings. The number of carboxylic acids is 1. The Morgan fingerprint density at radius 1 is 1.73 bits per heavy atom. The van der Waals surface area contributed by atoms with E-state index in [9.17, 15) is 9.59 Å². The molecule has 0 saturated carbocycles. The molecule has 1 rings (SSSR count). The van der Waals surface area contributed by atoms with Gasteiger partial charge in [-0.1, -0.05) is 0 Å². The average molecular weight is 216 g/mol. The maximum absolute atomic E-state index is 11.2. The van der Waals surface area contributed by atoms with E-state index in [-0.39, 0.29) is 19.0 Å². The fourth-order valence-electron chi connectivity index (χ4n) is 1.49. The number of nitrogens with zero attached hydrogens (tertiary/aromatic N) is 1. The van der Waals surface area contributed by atoms with E-state index >= 15 is 0 Å². The summed E-state index contributed by atoms with van der Waals surface area (Å²) in [6, 6.07) is 0. The van der Waals surface area contributed by atoms with Crippen LogP contribution in [0.1, 0.15) is 0 Å². The van der Waals surface area contributed by atoms with Gasteiger partial charge in [-0.15, -0.1) is 0 Å². The summed E-state index contributed by atoms with van der Waals surface area (Å²) >= 11 is 0. The first-order valence-electron chi connectivity index (χ1n) is 4.84. The molecule has 0 bridgehead atoms. The third-order valence-corrected chi connectivity index (χ3v) is 2.35. The minimum atomic E-state index is -0.875. The minimum absolute atomic E-state index is 0.130. The van der Waals surface area contributed by atoms with Crippen molar-refractivity contribution in [1.82, 2.24) is 10.2 Å². The third kappa shape index (κ3) is 3.85. The second-order valence-electron chi connectivity index (χ2n) is 3.57. The molecule has 0 spiro atoms. The lowest BCUT2D eigenvalue weighted by Gasteiger charge is -2.20. The number of hydrogen-bond acceptors (Lipinski definition) is 4. The van der Waals surface area contributed by atoms with E-state index in [4.69, 9.17) is 9.84 Å². The van der Waals surface area contributed by atoms with Crippen molar-refractivity contribution in [2.24, 2.45) is 5.92 Å². The Hall–Kier alpha value is -1.14. The lowest BCUT2D eigenvalue weighted by atomic mass is 10.1. The van der Waals surface area contributed by atoms with Crippen LogP contribution in [0.4, 0.5) is 0 Å². The topological polar surface area (TPSA) is 78.9 Å². The van der Waals surface area contributed by atoms with Crippen molar-refractivity contribution in [2.45, 2.75) is 0 Å². The molecule has 2 N–H and O–H groups in total. The standard InChI is InChI=1S/C9H16N2O4/c1-15-3-2-11-5-7(9(13)14)4-10-8(12)6-11/h7H,2-6H2,1H3,(H,10,12)(H,13,14). The summed E-state index contributed by atoms with van der Waals surface area (Å²) in [4.78, 5) is 23.9. The number of carboxylic acid groups (broad SMARTS) is 1. The van der Waals surface area contributed by atoms with Crippen molar-refractivity contribution >= 4 is 11.9 Å². The van der Waals surface area contributed by atoms with E-state index in [0.29, 0.717) is 19.7 Å². The second kappa shape index (κ2) is 5.67. The monoisotopic (exact) mass is 216 g/mol. The maximum atomic E-state index is 11.2. The maximum Gasteiger partial charge on any atom is 0.309 e. The quantitative estimate of drug-likeness (QED) is 0.615. The van der Waals surface area contributed by atoms with Crippen LogP contribution in [0.2, 0.25) is 0 Å². The summed E-state index contributed by atoms with van der Waals surface area (Å²) in [5.74, 6) is -1.54. The highest BCUT2D eigenvalue weighted by Gasteiger charge is 2.26. The fourth-order valence-corrected chi connectivity index (χ4v) is 1.49. The first kappa shape index (κ1) is 11.9. The SMILES string of the molecule is COCCN1CC(=O)NCC(C(=O)O)C1. The van der Waals surface area contributed by atoms with Crippen LogP contribution in [-0.4, -0.2) is 61.8 Å². The zero-order chi connectivity index (χ0) is 11.3. The molecular formula is C9H16N2O4. The Labute approximate surface area is 88.2 Å². The van der Waals surface area contributed by atoms with Crippen LogP contribution < -0.4 is 5.32 Å². The van der Waals surface area contributed by atoms with E-state index < -0.39 is 11.9 Å². The van der Waals surface area contributed by atoms with Gasteiger partial charge >= 0.3 is 5.97 Å². The summed E-state index contributed by atoms with van der Waals surface area (Å²) in [7, 11) is 1.58. The molecule has 6 nitrogen and oxygen atoms in total. The molecule has 1 atom stereocenters. The van der Waals surface area contributed by atoms with E-state index in [2.05, 4.69) is 5.32 Å². The molecule has 1 heterocycles. The van der Waals surface area contributed by atoms with Gasteiger partial charge in [-0.05, 0) is 0 Å². The van der Waals surface area contributed by atoms with Crippen LogP contribution in [0.5, 0.6) is 0 Å². The number of nitrogens with one attached hydrogen (secondary N) is 1. The third-order valence-electron chi connectivity index (χ3n) is 2.35. The number of amides is 1. The largest absolute Gasteiger partial charge is 0.481 e. The number of aliphatic carboxylic acids is 1. The number of hydrogen-bond donors (Lipinski definition) is 2. The molecule has 6 heteroatoms. The molecule has 86 valence electrons. The van der Waals surface area contributed by atoms with Crippen LogP contribution >= 0.6 is 0 Å². The molecule has 1 aliphatic heterocycles. The van der Waals surface area contributed by atoms with E-state index in [1.165, 1.54) is 0 Å². The molecule has 0 aromatic heterocycles. The molecular weight excluding hydrogens is 200 g/mol. The van der Waals surface area contributed by atoms with Crippen molar-refractivity contribution < 1.29 is 19.4 Å². The first-order valence-corrected chi connectivity index (χ1v) is 4.84. The number of carbonyl (C=O) groups excluding carboxylic acids is 1. The predicted molar refractivity (Wildman–Crippen MR) is 52.5 cm³/mol. The highest BCUT2D eigenvalue weighted by Crippen LogP contribution is 2.04. The van der Waals surface area contributed by atoms with Gasteiger partial charge in [-0.2, -0.15) is 0 Å². The Morgan fingerprint density at radius 2 is 2.47 bits per heavy atom. The van der Waals surface area contributed by atoms with Gasteiger partial charge in [-0.3, -0.25) is 14.5 Å². The Morgan fingerprint density at radius 3 is 3.07 bits per heavy atom. The van der Waals surface area contributed by atoms with Gasteiger partial charge < -0.3 is 15.2 Å². The van der Waals surface area contributed by atoms with Crippen LogP contribution in [0.15, 0.2) is 0 Å². The molecule has 1 unspecified atom stereocenters. The summed E-state index contributed by atoms with van der Waals surface area (Å²) < 4.78 is 4.90. The van der Waals surface area contributed by atoms with Crippen molar-refractivity contribution in [3.63, 3.8) is 0 Å². The molecule has 1 amide bonds. The van der Waals surface area contributed by atoms with Crippen LogP contribution in [0.25, 0.3) is 0 Å². The van der Waals surface area contributed by atoms with Crippen molar-refractivity contribution in [3.05, 3.63) is 0 Å². The molecule has 0 aromatic carbocycles. The zero-order valence-electron chi connectivity index (χ0n) is 8.73. The van der Waals surface area contributed by atoms with E-state index in [0.717, 1.165) is 0 Å². The van der Waals surface area contributed by atoms with Crippen LogP contribution in [-0.2, 0) is 14.3 Å². The molecule has 0 radical (unpaired) electrons. The van der Waals surface area contributed by atoms with Crippen LogP contribution in [0.3, 0.4) is 0 Å². The lowest BCUT2D eigenvalue weighted by molar-refractivity contribution is -0.142. The first-order chi connectivity index (χ1) is 7.13. The predicted octanol–water partition coefficient (Wildman–Crippen LogP) is -1.23. The number of carbonyl (C=O) groups is 2. The van der Waals surface area contributed by atoms with Crippen molar-refractivity contribution in [2.75, 3.05) is 39.9 Å². The van der Waals surface area contributed by atoms with E-state index in [1.807, 2.05) is 0 Å². The number of methoxy groups -OCH3 is 1. The smallest absolute Gasteiger partial charge is 0.309 e. The molecule has 0 aliphatic carbocycles. The molecule has 15 heavy (non-hydrogen) atoms. The number of rotatable bonds is 4. The summed E-state index contributed by atoms with van der Waals surface area (Å²) in [5.41, 5.74) is 0. The summed E-state index contributed by atoms with van der Waals surface area (Å²) in [5, 5.41) is 11.5. The summed E-state index contributed by atoms with van der Waals surface area (Å²) in [6.45, 7) is 1.91. The molecule has 0 aromatic rings. The van der Waals surface area contributed by atoms with Gasteiger partial charge in [0.2, 0.25) is 5.91 Å². The highest BCUT2D eigenvalue weighted by atomic mass is 16.5. The van der Waals surface area contributed by atoms with E-state index in [1.54, 1.807) is 12.0 Å². The van der Waals surface area contributed by atoms with Gasteiger partial charge in [0.1, 0.15) is 0 Å². The van der Waals surface area contributed by atoms with Crippen molar-refractivity contribution in [3.8, 4) is 0 Å². The Kier molecular flexibility index (Phi) is 4.51. The second-order valence-corrected chi connectivity index (χ2v) is 3.57. The van der Waals surface area contributed by atoms with Crippen molar-refractivity contribution in [1.29, 1.82) is 0 Å². The molecule has 1 saturated heterocycles. The average Bonchev–Trinajstić information content (AvgIpc) is 2.37. The Bertz CT molecular complexity index is 244. The minimum Gasteiger partial charge on any atom is -0.481 e. The summed E-state index contributed by atoms with van der Waals surface area (Å²) in [6.07, 6.45) is 0. The van der Waals surface area contributed by atoms with Gasteiger partial charge in [0.05, 0.1) is 19.1 Å². The molecule has 1 fully saturated rings. The number of ether oxygens (including phenoxy) is 1. The Balaban J connectivity index is 2.53. The van der Waals surface area contributed by atoms with Gasteiger partial charge in [0.15, 0.2) is 0 Å². The fraction of sp³-hybridized carbons (Fsp3) is 0.778. The van der Waals surface area contributed by atoms with Gasteiger partial charge in [0.25, 0.3) is 0 Å². The zero-order valence-corrected chi connectivity index (χ0v) is 8.73.